The quantitative estimate of drug-likeness (QED) is 0.159. The molecule has 2 aliphatic carbocycles. The number of aromatic nitrogens is 3. The van der Waals surface area contributed by atoms with E-state index in [1.54, 1.807) is 0 Å². The lowest BCUT2D eigenvalue weighted by Crippen LogP contribution is -2.64. The molecular weight excluding hydrogens is 769 g/mol. The van der Waals surface area contributed by atoms with Crippen LogP contribution in [0.3, 0.4) is 0 Å². The summed E-state index contributed by atoms with van der Waals surface area (Å²) in [6.07, 6.45) is 6.47. The Kier molecular flexibility index (Phi) is 11.7. The first-order valence-corrected chi connectivity index (χ1v) is 22.1. The number of carbonyl (C=O) groups excluding carboxylic acids is 5. The zero-order valence-corrected chi connectivity index (χ0v) is 33.0. The van der Waals surface area contributed by atoms with Crippen LogP contribution in [0, 0.1) is 5.92 Å². The van der Waals surface area contributed by atoms with E-state index in [0.29, 0.717) is 0 Å². The Labute approximate surface area is 325 Å². The molecule has 0 bridgehead atoms. The van der Waals surface area contributed by atoms with Crippen molar-refractivity contribution in [2.75, 3.05) is 18.1 Å². The first-order valence-electron chi connectivity index (χ1n) is 18.8. The number of rotatable bonds is 13. The van der Waals surface area contributed by atoms with E-state index in [1.165, 1.54) is 53.9 Å². The molecule has 0 unspecified atom stereocenters. The van der Waals surface area contributed by atoms with Gasteiger partial charge in [-0.05, 0) is 76.1 Å². The predicted octanol–water partition coefficient (Wildman–Crippen LogP) is 0.458. The Bertz CT molecular complexity index is 2120. The van der Waals surface area contributed by atoms with Crippen molar-refractivity contribution in [1.29, 1.82) is 0 Å². The summed E-state index contributed by atoms with van der Waals surface area (Å²) in [4.78, 5) is 73.7. The molecule has 1 aromatic heterocycles. The van der Waals surface area contributed by atoms with Gasteiger partial charge in [0.05, 0.1) is 34.3 Å². The number of hydrogen-bond acceptors (Lipinski definition) is 12. The van der Waals surface area contributed by atoms with Crippen LogP contribution in [0.1, 0.15) is 107 Å². The summed E-state index contributed by atoms with van der Waals surface area (Å²) in [5.74, 6) is -5.89. The summed E-state index contributed by atoms with van der Waals surface area (Å²) in [5, 5.41) is 21.6. The number of nitrogens with two attached hydrogens (primary N) is 1. The number of amides is 4. The maximum Gasteiger partial charge on any atom is 0.287 e. The van der Waals surface area contributed by atoms with Crippen molar-refractivity contribution in [2.24, 2.45) is 16.6 Å². The Morgan fingerprint density at radius 1 is 1.02 bits per heavy atom. The minimum atomic E-state index is -3.79. The number of sulfonamides is 1. The number of Topliss-reactive ketones (excluding diaryl/α,β-unsaturated/α-hetero) is 1. The van der Waals surface area contributed by atoms with E-state index < -0.39 is 96.8 Å². The van der Waals surface area contributed by atoms with Gasteiger partial charge in [-0.3, -0.25) is 24.0 Å². The SMILES string of the molecule is CC(C)(O)c1cnnn1[C@H]1C[C@@H](C(=O)NC2(C(=O)C(N)=O)CCS(=O)(=O)CC2)N(C(=O)/C(CC2CCCCC2)=N/C(=O)c2ccc(S(=O)(=O)NC3CC3)cc2)C1. The largest absolute Gasteiger partial charge is 0.384 e. The number of aliphatic hydroxyl groups is 1. The van der Waals surface area contributed by atoms with Crippen LogP contribution in [0.25, 0.3) is 0 Å². The van der Waals surface area contributed by atoms with Gasteiger partial charge in [-0.1, -0.05) is 37.3 Å². The monoisotopic (exact) mass is 816 g/mol. The van der Waals surface area contributed by atoms with Crippen LogP contribution in [0.15, 0.2) is 40.4 Å². The van der Waals surface area contributed by atoms with Crippen molar-refractivity contribution < 1.29 is 45.9 Å². The van der Waals surface area contributed by atoms with Crippen LogP contribution >= 0.6 is 0 Å². The summed E-state index contributed by atoms with van der Waals surface area (Å²) < 4.78 is 54.1. The van der Waals surface area contributed by atoms with Gasteiger partial charge in [0.1, 0.15) is 22.9 Å². The molecular formula is C36H48N8O10S2. The number of aliphatic imine (C=N–C) groups is 1. The zero-order chi connectivity index (χ0) is 40.6. The Morgan fingerprint density at radius 3 is 2.25 bits per heavy atom. The van der Waals surface area contributed by atoms with E-state index >= 15 is 0 Å². The van der Waals surface area contributed by atoms with Crippen LogP contribution < -0.4 is 15.8 Å². The molecule has 56 heavy (non-hydrogen) atoms. The summed E-state index contributed by atoms with van der Waals surface area (Å²) in [6, 6.07) is 3.03. The number of carbonyl (C=O) groups is 5. The fourth-order valence-corrected chi connectivity index (χ4v) is 10.6. The molecule has 304 valence electrons. The van der Waals surface area contributed by atoms with E-state index in [0.717, 1.165) is 44.9 Å². The number of ketones is 1. The number of sulfone groups is 1. The molecule has 4 amide bonds. The predicted molar refractivity (Wildman–Crippen MR) is 200 cm³/mol. The maximum absolute atomic E-state index is 14.8. The van der Waals surface area contributed by atoms with Crippen LogP contribution in [-0.2, 0) is 44.6 Å². The van der Waals surface area contributed by atoms with Gasteiger partial charge in [0, 0.05) is 24.6 Å². The molecule has 5 N–H and O–H groups in total. The highest BCUT2D eigenvalue weighted by Gasteiger charge is 2.50. The van der Waals surface area contributed by atoms with E-state index in [2.05, 4.69) is 25.3 Å². The smallest absolute Gasteiger partial charge is 0.287 e. The molecule has 4 aliphatic rings. The third kappa shape index (κ3) is 9.24. The third-order valence-corrected chi connectivity index (χ3v) is 14.3. The molecule has 2 aliphatic heterocycles. The highest BCUT2D eigenvalue weighted by molar-refractivity contribution is 7.91. The van der Waals surface area contributed by atoms with Gasteiger partial charge in [0.2, 0.25) is 21.7 Å². The molecule has 2 atom stereocenters. The van der Waals surface area contributed by atoms with Gasteiger partial charge in [-0.15, -0.1) is 5.10 Å². The van der Waals surface area contributed by atoms with Gasteiger partial charge in [0.25, 0.3) is 17.7 Å². The van der Waals surface area contributed by atoms with E-state index in [9.17, 15) is 45.9 Å². The van der Waals surface area contributed by atoms with Crippen molar-refractivity contribution in [1.82, 2.24) is 29.9 Å². The standard InChI is InChI=1S/C36H48N8O10S2/c1-35(2,50)29-20-38-42-44(29)25-19-28(33(48)40-36(30(45)31(37)46)14-16-55(51,52)17-15-36)43(21-25)34(49)27(18-22-6-4-3-5-7-22)39-32(47)23-8-12-26(13-9-23)56(53,54)41-24-10-11-24/h8-9,12-13,20,22,24-25,28,41,50H,3-7,10-11,14-19,21H2,1-2H3,(H2,37,46)(H,40,48)/b39-27+/t25-,28-/m0/s1. The molecule has 4 fully saturated rings. The van der Waals surface area contributed by atoms with Crippen LogP contribution in [0.2, 0.25) is 0 Å². The lowest BCUT2D eigenvalue weighted by atomic mass is 9.85. The fourth-order valence-electron chi connectivity index (χ4n) is 7.73. The topological polar surface area (TPSA) is 270 Å². The highest BCUT2D eigenvalue weighted by atomic mass is 32.2. The van der Waals surface area contributed by atoms with Gasteiger partial charge in [-0.2, -0.15) is 0 Å². The summed E-state index contributed by atoms with van der Waals surface area (Å²) >= 11 is 0. The van der Waals surface area contributed by atoms with Gasteiger partial charge < -0.3 is 21.1 Å². The summed E-state index contributed by atoms with van der Waals surface area (Å²) in [7, 11) is -7.35. The van der Waals surface area contributed by atoms with E-state index in [4.69, 9.17) is 5.73 Å². The molecule has 3 heterocycles. The zero-order valence-electron chi connectivity index (χ0n) is 31.3. The van der Waals surface area contributed by atoms with Crippen LogP contribution in [-0.4, -0.2) is 113 Å². The maximum atomic E-state index is 14.8. The third-order valence-electron chi connectivity index (χ3n) is 11.1. The van der Waals surface area contributed by atoms with Crippen molar-refractivity contribution in [2.45, 2.75) is 119 Å². The molecule has 0 radical (unpaired) electrons. The highest BCUT2D eigenvalue weighted by Crippen LogP contribution is 2.34. The molecule has 1 aromatic carbocycles. The number of likely N-dealkylation sites (tertiary alicyclic amines) is 1. The molecule has 2 saturated carbocycles. The van der Waals surface area contributed by atoms with E-state index in [1.807, 2.05) is 0 Å². The van der Waals surface area contributed by atoms with Crippen LogP contribution in [0.5, 0.6) is 0 Å². The van der Waals surface area contributed by atoms with Crippen molar-refractivity contribution in [3.05, 3.63) is 41.7 Å². The molecule has 2 saturated heterocycles. The minimum absolute atomic E-state index is 0.00342. The number of nitrogens with zero attached hydrogens (tertiary/aromatic N) is 5. The normalized spacial score (nSPS) is 23.1. The van der Waals surface area contributed by atoms with E-state index in [-0.39, 0.29) is 53.2 Å². The average molecular weight is 817 g/mol. The first-order chi connectivity index (χ1) is 26.3. The summed E-state index contributed by atoms with van der Waals surface area (Å²) in [5.41, 5.74) is 2.21. The number of nitrogens with one attached hydrogen (secondary N) is 2. The first kappa shape index (κ1) is 41.2. The Hall–Kier alpha value is -4.40. The van der Waals surface area contributed by atoms with Crippen molar-refractivity contribution in [3.8, 4) is 0 Å². The number of hydrogen-bond donors (Lipinski definition) is 4. The lowest BCUT2D eigenvalue weighted by Gasteiger charge is -2.37. The second-order valence-electron chi connectivity index (χ2n) is 15.9. The summed E-state index contributed by atoms with van der Waals surface area (Å²) in [6.45, 7) is 2.88. The molecule has 0 spiro atoms. The van der Waals surface area contributed by atoms with Crippen molar-refractivity contribution >= 4 is 55.0 Å². The van der Waals surface area contributed by atoms with Gasteiger partial charge in [-0.25, -0.2) is 31.2 Å². The minimum Gasteiger partial charge on any atom is -0.384 e. The lowest BCUT2D eigenvalue weighted by molar-refractivity contribution is -0.143. The fraction of sp³-hybridized carbons (Fsp3) is 0.611. The molecule has 18 nitrogen and oxygen atoms in total. The second kappa shape index (κ2) is 15.9. The molecule has 6 rings (SSSR count). The van der Waals surface area contributed by atoms with Gasteiger partial charge >= 0.3 is 0 Å². The van der Waals surface area contributed by atoms with Crippen molar-refractivity contribution in [3.63, 3.8) is 0 Å². The molecule has 2 aromatic rings. The second-order valence-corrected chi connectivity index (χ2v) is 19.9. The number of primary amides is 1. The molecule has 20 heteroatoms. The van der Waals surface area contributed by atoms with Gasteiger partial charge in [0.15, 0.2) is 9.84 Å². The van der Waals surface area contributed by atoms with Crippen LogP contribution in [0.4, 0.5) is 0 Å². The average Bonchev–Trinajstić information content (AvgIpc) is 3.60. The Morgan fingerprint density at radius 2 is 1.66 bits per heavy atom. The number of benzene rings is 1. The Balaban J connectivity index is 1.35.